The van der Waals surface area contributed by atoms with Crippen molar-refractivity contribution in [3.05, 3.63) is 28.2 Å². The Kier molecular flexibility index (Phi) is 3.27. The van der Waals surface area contributed by atoms with Crippen LogP contribution < -0.4 is 11.1 Å². The zero-order valence-corrected chi connectivity index (χ0v) is 11.7. The van der Waals surface area contributed by atoms with E-state index in [0.717, 1.165) is 28.6 Å². The van der Waals surface area contributed by atoms with E-state index in [1.165, 1.54) is 0 Å². The van der Waals surface area contributed by atoms with Gasteiger partial charge in [-0.05, 0) is 66.2 Å². The summed E-state index contributed by atoms with van der Waals surface area (Å²) in [4.78, 5) is 12.1. The second-order valence-electron chi connectivity index (χ2n) is 4.99. The smallest absolute Gasteiger partial charge is 0.244 e. The van der Waals surface area contributed by atoms with Crippen molar-refractivity contribution >= 4 is 27.5 Å². The standard InChI is InChI=1S/C13H17BrN2O/c1-8-3-6-11(10(14)7-8)16-12(17)13(2,15)9-4-5-9/h3,6-7,9H,4-5,15H2,1-2H3,(H,16,17). The molecule has 92 valence electrons. The SMILES string of the molecule is Cc1ccc(NC(=O)C(C)(N)C2CC2)c(Br)c1. The van der Waals surface area contributed by atoms with Crippen LogP contribution in [0.2, 0.25) is 0 Å². The van der Waals surface area contributed by atoms with Crippen LogP contribution in [-0.4, -0.2) is 11.4 Å². The largest absolute Gasteiger partial charge is 0.323 e. The van der Waals surface area contributed by atoms with Crippen molar-refractivity contribution in [3.8, 4) is 0 Å². The van der Waals surface area contributed by atoms with Gasteiger partial charge in [0.15, 0.2) is 0 Å². The lowest BCUT2D eigenvalue weighted by atomic mass is 9.96. The molecule has 0 radical (unpaired) electrons. The third-order valence-electron chi connectivity index (χ3n) is 3.29. The Morgan fingerprint density at radius 1 is 1.53 bits per heavy atom. The highest BCUT2D eigenvalue weighted by atomic mass is 79.9. The van der Waals surface area contributed by atoms with Crippen LogP contribution >= 0.6 is 15.9 Å². The van der Waals surface area contributed by atoms with E-state index in [4.69, 9.17) is 5.73 Å². The average Bonchev–Trinajstić information content (AvgIpc) is 3.05. The lowest BCUT2D eigenvalue weighted by Gasteiger charge is -2.23. The fourth-order valence-electron chi connectivity index (χ4n) is 1.85. The molecule has 0 aliphatic heterocycles. The maximum atomic E-state index is 12.1. The highest BCUT2D eigenvalue weighted by Crippen LogP contribution is 2.38. The van der Waals surface area contributed by atoms with Gasteiger partial charge in [-0.25, -0.2) is 0 Å². The van der Waals surface area contributed by atoms with E-state index < -0.39 is 5.54 Å². The fraction of sp³-hybridized carbons (Fsp3) is 0.462. The van der Waals surface area contributed by atoms with Gasteiger partial charge in [0, 0.05) is 4.47 Å². The van der Waals surface area contributed by atoms with Gasteiger partial charge in [-0.2, -0.15) is 0 Å². The van der Waals surface area contributed by atoms with Gasteiger partial charge in [-0.3, -0.25) is 4.79 Å². The van der Waals surface area contributed by atoms with E-state index in [1.54, 1.807) is 0 Å². The quantitative estimate of drug-likeness (QED) is 0.901. The Morgan fingerprint density at radius 2 is 2.18 bits per heavy atom. The molecule has 0 spiro atoms. The lowest BCUT2D eigenvalue weighted by Crippen LogP contribution is -2.50. The third kappa shape index (κ3) is 2.69. The molecule has 3 N–H and O–H groups in total. The first-order valence-corrected chi connectivity index (χ1v) is 6.57. The Balaban J connectivity index is 2.12. The second-order valence-corrected chi connectivity index (χ2v) is 5.85. The zero-order chi connectivity index (χ0) is 12.6. The van der Waals surface area contributed by atoms with Crippen molar-refractivity contribution in [2.75, 3.05) is 5.32 Å². The summed E-state index contributed by atoms with van der Waals surface area (Å²) >= 11 is 3.44. The lowest BCUT2D eigenvalue weighted by molar-refractivity contribution is -0.121. The monoisotopic (exact) mass is 296 g/mol. The normalized spacial score (nSPS) is 18.6. The van der Waals surface area contributed by atoms with Crippen molar-refractivity contribution in [2.24, 2.45) is 11.7 Å². The summed E-state index contributed by atoms with van der Waals surface area (Å²) in [6, 6.07) is 5.83. The number of hydrogen-bond acceptors (Lipinski definition) is 2. The summed E-state index contributed by atoms with van der Waals surface area (Å²) in [5, 5.41) is 2.89. The summed E-state index contributed by atoms with van der Waals surface area (Å²) in [6.07, 6.45) is 2.10. The average molecular weight is 297 g/mol. The van der Waals surface area contributed by atoms with Crippen molar-refractivity contribution in [1.29, 1.82) is 0 Å². The first-order chi connectivity index (χ1) is 7.91. The van der Waals surface area contributed by atoms with Crippen LogP contribution in [0.1, 0.15) is 25.3 Å². The Morgan fingerprint density at radius 3 is 2.71 bits per heavy atom. The summed E-state index contributed by atoms with van der Waals surface area (Å²) < 4.78 is 0.887. The van der Waals surface area contributed by atoms with Crippen LogP contribution in [0.15, 0.2) is 22.7 Å². The molecule has 0 heterocycles. The number of amides is 1. The minimum absolute atomic E-state index is 0.107. The molecule has 0 aromatic heterocycles. The predicted octanol–water partition coefficient (Wildman–Crippen LogP) is 2.82. The number of nitrogens with one attached hydrogen (secondary N) is 1. The van der Waals surface area contributed by atoms with Crippen LogP contribution in [0.3, 0.4) is 0 Å². The van der Waals surface area contributed by atoms with Gasteiger partial charge in [0.1, 0.15) is 0 Å². The van der Waals surface area contributed by atoms with Gasteiger partial charge in [-0.15, -0.1) is 0 Å². The van der Waals surface area contributed by atoms with Crippen molar-refractivity contribution in [3.63, 3.8) is 0 Å². The highest BCUT2D eigenvalue weighted by Gasteiger charge is 2.44. The van der Waals surface area contributed by atoms with Crippen molar-refractivity contribution < 1.29 is 4.79 Å². The topological polar surface area (TPSA) is 55.1 Å². The van der Waals surface area contributed by atoms with E-state index in [2.05, 4.69) is 21.2 Å². The Bertz CT molecular complexity index is 453. The van der Waals surface area contributed by atoms with Crippen molar-refractivity contribution in [1.82, 2.24) is 0 Å². The van der Waals surface area contributed by atoms with E-state index in [0.29, 0.717) is 5.92 Å². The molecule has 1 aromatic carbocycles. The number of halogens is 1. The van der Waals surface area contributed by atoms with Crippen LogP contribution in [0, 0.1) is 12.8 Å². The van der Waals surface area contributed by atoms with Crippen LogP contribution in [0.4, 0.5) is 5.69 Å². The van der Waals surface area contributed by atoms with Crippen molar-refractivity contribution in [2.45, 2.75) is 32.2 Å². The molecule has 1 aliphatic carbocycles. The van der Waals surface area contributed by atoms with E-state index in [9.17, 15) is 4.79 Å². The number of carbonyl (C=O) groups is 1. The molecule has 1 fully saturated rings. The molecule has 1 aliphatic rings. The maximum absolute atomic E-state index is 12.1. The molecule has 1 amide bonds. The summed E-state index contributed by atoms with van der Waals surface area (Å²) in [7, 11) is 0. The minimum atomic E-state index is -0.760. The molecule has 1 saturated carbocycles. The number of benzene rings is 1. The number of rotatable bonds is 3. The Hall–Kier alpha value is -0.870. The van der Waals surface area contributed by atoms with Crippen LogP contribution in [-0.2, 0) is 4.79 Å². The van der Waals surface area contributed by atoms with E-state index in [1.807, 2.05) is 32.0 Å². The molecule has 0 saturated heterocycles. The summed E-state index contributed by atoms with van der Waals surface area (Å²) in [6.45, 7) is 3.82. The van der Waals surface area contributed by atoms with Gasteiger partial charge in [-0.1, -0.05) is 6.07 Å². The summed E-state index contributed by atoms with van der Waals surface area (Å²) in [5.41, 5.74) is 7.23. The molecular formula is C13H17BrN2O. The molecule has 2 rings (SSSR count). The van der Waals surface area contributed by atoms with Gasteiger partial charge in [0.05, 0.1) is 11.2 Å². The molecule has 0 bridgehead atoms. The number of carbonyl (C=O) groups excluding carboxylic acids is 1. The minimum Gasteiger partial charge on any atom is -0.323 e. The van der Waals surface area contributed by atoms with Crippen LogP contribution in [0.5, 0.6) is 0 Å². The first-order valence-electron chi connectivity index (χ1n) is 5.77. The molecule has 1 unspecified atom stereocenters. The molecule has 4 heteroatoms. The van der Waals surface area contributed by atoms with Gasteiger partial charge >= 0.3 is 0 Å². The third-order valence-corrected chi connectivity index (χ3v) is 3.94. The molecular weight excluding hydrogens is 280 g/mol. The fourth-order valence-corrected chi connectivity index (χ4v) is 2.44. The highest BCUT2D eigenvalue weighted by molar-refractivity contribution is 9.10. The number of aryl methyl sites for hydroxylation is 1. The molecule has 17 heavy (non-hydrogen) atoms. The number of nitrogens with two attached hydrogens (primary N) is 1. The molecule has 1 atom stereocenters. The van der Waals surface area contributed by atoms with Gasteiger partial charge in [0.25, 0.3) is 0 Å². The second kappa shape index (κ2) is 4.42. The Labute approximate surface area is 110 Å². The zero-order valence-electron chi connectivity index (χ0n) is 10.1. The predicted molar refractivity (Wildman–Crippen MR) is 72.8 cm³/mol. The molecule has 3 nitrogen and oxygen atoms in total. The first kappa shape index (κ1) is 12.6. The molecule has 1 aromatic rings. The van der Waals surface area contributed by atoms with E-state index >= 15 is 0 Å². The van der Waals surface area contributed by atoms with Crippen LogP contribution in [0.25, 0.3) is 0 Å². The van der Waals surface area contributed by atoms with Gasteiger partial charge in [0.2, 0.25) is 5.91 Å². The summed E-state index contributed by atoms with van der Waals surface area (Å²) in [5.74, 6) is 0.219. The van der Waals surface area contributed by atoms with Gasteiger partial charge < -0.3 is 11.1 Å². The number of anilines is 1. The number of hydrogen-bond donors (Lipinski definition) is 2. The van der Waals surface area contributed by atoms with E-state index in [-0.39, 0.29) is 5.91 Å². The maximum Gasteiger partial charge on any atom is 0.244 e.